The fourth-order valence-corrected chi connectivity index (χ4v) is 4.06. The zero-order valence-corrected chi connectivity index (χ0v) is 15.6. The summed E-state index contributed by atoms with van der Waals surface area (Å²) in [6.07, 6.45) is 1.75. The number of rotatable bonds is 2. The van der Waals surface area contributed by atoms with Gasteiger partial charge in [-0.3, -0.25) is 9.80 Å². The first kappa shape index (κ1) is 16.6. The van der Waals surface area contributed by atoms with Crippen LogP contribution < -0.4 is 9.80 Å². The minimum absolute atomic E-state index is 0.0657. The number of para-hydroxylation sites is 1. The van der Waals surface area contributed by atoms with Crippen molar-refractivity contribution in [1.82, 2.24) is 9.88 Å². The van der Waals surface area contributed by atoms with Gasteiger partial charge in [0, 0.05) is 24.8 Å². The van der Waals surface area contributed by atoms with Gasteiger partial charge in [0.1, 0.15) is 5.15 Å². The Labute approximate surface area is 156 Å². The molecule has 0 bridgehead atoms. The van der Waals surface area contributed by atoms with Crippen molar-refractivity contribution in [3.63, 3.8) is 0 Å². The highest BCUT2D eigenvalue weighted by atomic mass is 35.5. The number of fused-ring (bicyclic) bond motifs is 1. The van der Waals surface area contributed by atoms with E-state index in [0.717, 1.165) is 35.6 Å². The molecule has 0 spiro atoms. The summed E-state index contributed by atoms with van der Waals surface area (Å²) in [5.41, 5.74) is 3.55. The van der Waals surface area contributed by atoms with Gasteiger partial charge in [0.25, 0.3) is 0 Å². The average molecular weight is 377 g/mol. The van der Waals surface area contributed by atoms with Gasteiger partial charge in [0.2, 0.25) is 0 Å². The summed E-state index contributed by atoms with van der Waals surface area (Å²) in [4.78, 5) is 23.3. The number of carbonyl (C=O) groups is 1. The van der Waals surface area contributed by atoms with E-state index in [1.165, 1.54) is 0 Å². The van der Waals surface area contributed by atoms with E-state index in [1.54, 1.807) is 17.2 Å². The first-order valence-corrected chi connectivity index (χ1v) is 8.90. The topological polar surface area (TPSA) is 39.7 Å². The van der Waals surface area contributed by atoms with Gasteiger partial charge in [-0.2, -0.15) is 0 Å². The molecular formula is C18H18Cl2N4O. The lowest BCUT2D eigenvalue weighted by atomic mass is 10.0. The molecule has 2 aromatic rings. The molecule has 2 aliphatic heterocycles. The monoisotopic (exact) mass is 376 g/mol. The molecule has 5 nitrogen and oxygen atoms in total. The molecule has 0 unspecified atom stereocenters. The number of halogens is 2. The Morgan fingerprint density at radius 3 is 2.68 bits per heavy atom. The Kier molecular flexibility index (Phi) is 4.10. The number of aryl methyl sites for hydroxylation is 1. The van der Waals surface area contributed by atoms with Crippen LogP contribution in [0.5, 0.6) is 0 Å². The zero-order chi connectivity index (χ0) is 17.7. The molecule has 4 rings (SSSR count). The van der Waals surface area contributed by atoms with Gasteiger partial charge in [-0.15, -0.1) is 0 Å². The predicted molar refractivity (Wildman–Crippen MR) is 101 cm³/mol. The molecule has 0 saturated carbocycles. The first-order chi connectivity index (χ1) is 12.0. The molecule has 0 atom stereocenters. The van der Waals surface area contributed by atoms with E-state index in [2.05, 4.69) is 9.88 Å². The Balaban J connectivity index is 1.82. The summed E-state index contributed by atoms with van der Waals surface area (Å²) in [5, 5.41) is 0.969. The lowest BCUT2D eigenvalue weighted by Crippen LogP contribution is -2.63. The zero-order valence-electron chi connectivity index (χ0n) is 14.0. The van der Waals surface area contributed by atoms with E-state index in [0.29, 0.717) is 16.7 Å². The normalized spacial score (nSPS) is 18.3. The fraction of sp³-hybridized carbons (Fsp3) is 0.333. The summed E-state index contributed by atoms with van der Waals surface area (Å²) in [6, 6.07) is 7.51. The van der Waals surface area contributed by atoms with Crippen LogP contribution in [0.15, 0.2) is 30.5 Å². The van der Waals surface area contributed by atoms with E-state index < -0.39 is 0 Å². The van der Waals surface area contributed by atoms with Gasteiger partial charge in [0.05, 0.1) is 29.0 Å². The van der Waals surface area contributed by atoms with Crippen LogP contribution in [0.1, 0.15) is 11.1 Å². The molecule has 3 heterocycles. The maximum Gasteiger partial charge on any atom is 0.329 e. The highest BCUT2D eigenvalue weighted by Crippen LogP contribution is 2.39. The number of anilines is 2. The van der Waals surface area contributed by atoms with Crippen molar-refractivity contribution in [2.24, 2.45) is 0 Å². The molecule has 1 aromatic heterocycles. The second-order valence-corrected chi connectivity index (χ2v) is 7.45. The largest absolute Gasteiger partial charge is 0.329 e. The van der Waals surface area contributed by atoms with E-state index in [9.17, 15) is 4.79 Å². The number of hydrogen-bond acceptors (Lipinski definition) is 3. The van der Waals surface area contributed by atoms with Crippen molar-refractivity contribution in [1.29, 1.82) is 0 Å². The number of benzene rings is 1. The van der Waals surface area contributed by atoms with Crippen LogP contribution in [0.2, 0.25) is 10.2 Å². The van der Waals surface area contributed by atoms with Crippen molar-refractivity contribution in [3.8, 4) is 0 Å². The van der Waals surface area contributed by atoms with E-state index >= 15 is 0 Å². The number of likely N-dealkylation sites (tertiary alicyclic amines) is 1. The minimum Gasteiger partial charge on any atom is -0.302 e. The molecule has 25 heavy (non-hydrogen) atoms. The van der Waals surface area contributed by atoms with Gasteiger partial charge in [-0.05, 0) is 31.7 Å². The second kappa shape index (κ2) is 6.16. The molecule has 0 N–H and O–H groups in total. The highest BCUT2D eigenvalue weighted by molar-refractivity contribution is 6.34. The molecular weight excluding hydrogens is 359 g/mol. The van der Waals surface area contributed by atoms with Gasteiger partial charge in [0.15, 0.2) is 0 Å². The van der Waals surface area contributed by atoms with E-state index in [-0.39, 0.29) is 12.1 Å². The minimum atomic E-state index is -0.0657. The molecule has 1 saturated heterocycles. The lowest BCUT2D eigenvalue weighted by molar-refractivity contribution is 0.180. The standard InChI is InChI=1S/C18H18Cl2N4O/c1-11-4-3-5-14(19)17(11)23-8-12-7-21-16(20)6-15(12)24(18(23)25)13-9-22(2)10-13/h3-7,13H,8-10H2,1-2H3. The smallest absolute Gasteiger partial charge is 0.302 e. The highest BCUT2D eigenvalue weighted by Gasteiger charge is 2.41. The number of carbonyl (C=O) groups excluding carboxylic acids is 1. The van der Waals surface area contributed by atoms with Crippen molar-refractivity contribution in [2.75, 3.05) is 29.9 Å². The summed E-state index contributed by atoms with van der Waals surface area (Å²) in [5.74, 6) is 0. The molecule has 1 fully saturated rings. The van der Waals surface area contributed by atoms with Crippen LogP contribution in [0, 0.1) is 6.92 Å². The van der Waals surface area contributed by atoms with Gasteiger partial charge in [-0.25, -0.2) is 9.78 Å². The summed E-state index contributed by atoms with van der Waals surface area (Å²) < 4.78 is 0. The summed E-state index contributed by atoms with van der Waals surface area (Å²) >= 11 is 12.5. The molecule has 2 amide bonds. The Bertz CT molecular complexity index is 831. The predicted octanol–water partition coefficient (Wildman–Crippen LogP) is 3.96. The number of hydrogen-bond donors (Lipinski definition) is 0. The molecule has 1 aromatic carbocycles. The van der Waals surface area contributed by atoms with Crippen LogP contribution >= 0.6 is 23.2 Å². The summed E-state index contributed by atoms with van der Waals surface area (Å²) in [6.45, 7) is 4.06. The molecule has 7 heteroatoms. The number of aromatic nitrogens is 1. The van der Waals surface area contributed by atoms with Crippen molar-refractivity contribution in [2.45, 2.75) is 19.5 Å². The SMILES string of the molecule is Cc1cccc(Cl)c1N1Cc2cnc(Cl)cc2N(C2CN(C)C2)C1=O. The van der Waals surface area contributed by atoms with Crippen molar-refractivity contribution in [3.05, 3.63) is 51.8 Å². The maximum absolute atomic E-state index is 13.4. The summed E-state index contributed by atoms with van der Waals surface area (Å²) in [7, 11) is 2.04. The van der Waals surface area contributed by atoms with Crippen LogP contribution in [0.4, 0.5) is 16.2 Å². The van der Waals surface area contributed by atoms with Crippen LogP contribution in [0.25, 0.3) is 0 Å². The van der Waals surface area contributed by atoms with Gasteiger partial charge in [-0.1, -0.05) is 35.3 Å². The van der Waals surface area contributed by atoms with E-state index in [4.69, 9.17) is 23.2 Å². The number of nitrogens with zero attached hydrogens (tertiary/aromatic N) is 4. The van der Waals surface area contributed by atoms with Crippen LogP contribution in [-0.4, -0.2) is 42.1 Å². The van der Waals surface area contributed by atoms with Crippen LogP contribution in [0.3, 0.4) is 0 Å². The third-order valence-corrected chi connectivity index (χ3v) is 5.33. The third kappa shape index (κ3) is 2.76. The lowest BCUT2D eigenvalue weighted by Gasteiger charge is -2.47. The van der Waals surface area contributed by atoms with Crippen LogP contribution in [-0.2, 0) is 6.54 Å². The fourth-order valence-electron chi connectivity index (χ4n) is 3.59. The third-order valence-electron chi connectivity index (χ3n) is 4.82. The number of likely N-dealkylation sites (N-methyl/N-ethyl adjacent to an activating group) is 1. The Morgan fingerprint density at radius 1 is 1.24 bits per heavy atom. The van der Waals surface area contributed by atoms with Crippen molar-refractivity contribution >= 4 is 40.6 Å². The second-order valence-electron chi connectivity index (χ2n) is 6.65. The number of amides is 2. The van der Waals surface area contributed by atoms with Crippen molar-refractivity contribution < 1.29 is 4.79 Å². The van der Waals surface area contributed by atoms with Gasteiger partial charge < -0.3 is 4.90 Å². The molecule has 130 valence electrons. The quantitative estimate of drug-likeness (QED) is 0.744. The maximum atomic E-state index is 13.4. The Morgan fingerprint density at radius 2 is 2.00 bits per heavy atom. The van der Waals surface area contributed by atoms with Gasteiger partial charge >= 0.3 is 6.03 Å². The van der Waals surface area contributed by atoms with E-state index in [1.807, 2.05) is 37.1 Å². The molecule has 0 aliphatic carbocycles. The molecule has 2 aliphatic rings. The first-order valence-electron chi connectivity index (χ1n) is 8.14. The number of pyridine rings is 1. The average Bonchev–Trinajstić information content (AvgIpc) is 2.53. The Hall–Kier alpha value is -1.82. The number of urea groups is 1. The molecule has 0 radical (unpaired) electrons.